The van der Waals surface area contributed by atoms with Crippen molar-refractivity contribution >= 4 is 0 Å². The highest BCUT2D eigenvalue weighted by Crippen LogP contribution is 2.30. The maximum atomic E-state index is 4.94. The van der Waals surface area contributed by atoms with Crippen LogP contribution in [0, 0.1) is 20.8 Å². The molecule has 0 atom stereocenters. The van der Waals surface area contributed by atoms with E-state index >= 15 is 0 Å². The molecule has 2 aliphatic heterocycles. The van der Waals surface area contributed by atoms with Crippen molar-refractivity contribution in [3.05, 3.63) is 95.6 Å². The zero-order chi connectivity index (χ0) is 30.1. The lowest BCUT2D eigenvalue weighted by Crippen LogP contribution is -3.00. The van der Waals surface area contributed by atoms with Crippen LogP contribution in [0.1, 0.15) is 93.0 Å². The van der Waals surface area contributed by atoms with Gasteiger partial charge in [-0.1, -0.05) is 63.6 Å². The first-order valence-corrected chi connectivity index (χ1v) is 15.8. The second-order valence-corrected chi connectivity index (χ2v) is 12.3. The van der Waals surface area contributed by atoms with E-state index in [1.165, 1.54) is 64.9 Å². The highest BCUT2D eigenvalue weighted by atomic mass is 127. The van der Waals surface area contributed by atoms with Crippen molar-refractivity contribution in [2.24, 2.45) is 0 Å². The summed E-state index contributed by atoms with van der Waals surface area (Å²) in [4.78, 5) is 0. The number of nitrogens with zero attached hydrogens (tertiary/aromatic N) is 4. The molecule has 0 N–H and O–H groups in total. The van der Waals surface area contributed by atoms with E-state index in [4.69, 9.17) is 9.47 Å². The minimum Gasteiger partial charge on any atom is -1.00 e. The second kappa shape index (κ2) is 19.0. The fourth-order valence-corrected chi connectivity index (χ4v) is 5.82. The van der Waals surface area contributed by atoms with Crippen molar-refractivity contribution in [1.82, 2.24) is 9.13 Å². The third-order valence-electron chi connectivity index (χ3n) is 7.86. The Labute approximate surface area is 299 Å². The Bertz CT molecular complexity index is 1340. The average molecular weight is 827 g/mol. The van der Waals surface area contributed by atoms with Crippen LogP contribution in [-0.4, -0.2) is 35.6 Å². The van der Waals surface area contributed by atoms with E-state index in [0.29, 0.717) is 11.8 Å². The fourth-order valence-electron chi connectivity index (χ4n) is 5.82. The van der Waals surface area contributed by atoms with E-state index in [1.807, 2.05) is 0 Å². The highest BCUT2D eigenvalue weighted by Gasteiger charge is 2.21. The molecule has 6 nitrogen and oxygen atoms in total. The molecule has 4 heterocycles. The zero-order valence-electron chi connectivity index (χ0n) is 27.7. The van der Waals surface area contributed by atoms with E-state index < -0.39 is 0 Å². The Balaban J connectivity index is 0.000000476. The summed E-state index contributed by atoms with van der Waals surface area (Å²) in [7, 11) is 0. The maximum Gasteiger partial charge on any atom is 0.252 e. The maximum absolute atomic E-state index is 4.94. The normalized spacial score (nSPS) is 13.9. The van der Waals surface area contributed by atoms with Gasteiger partial charge < -0.3 is 57.4 Å². The number of rotatable bonds is 6. The van der Waals surface area contributed by atoms with Crippen molar-refractivity contribution in [3.8, 4) is 11.4 Å². The Kier molecular flexibility index (Phi) is 16.6. The molecule has 242 valence electrons. The molecule has 2 aliphatic rings. The number of benzene rings is 2. The predicted molar refractivity (Wildman–Crippen MR) is 170 cm³/mol. The molecule has 0 unspecified atom stereocenters. The van der Waals surface area contributed by atoms with Crippen LogP contribution < -0.4 is 57.1 Å². The third-order valence-corrected chi connectivity index (χ3v) is 7.86. The molecule has 0 bridgehead atoms. The first kappa shape index (κ1) is 38.4. The van der Waals surface area contributed by atoms with Gasteiger partial charge >= 0.3 is 0 Å². The third kappa shape index (κ3) is 10.7. The average Bonchev–Trinajstić information content (AvgIpc) is 3.78. The first-order valence-electron chi connectivity index (χ1n) is 15.8. The van der Waals surface area contributed by atoms with Crippen LogP contribution in [0.2, 0.25) is 0 Å². The molecule has 0 aliphatic carbocycles. The van der Waals surface area contributed by atoms with Gasteiger partial charge in [0.05, 0.1) is 0 Å². The van der Waals surface area contributed by atoms with Crippen LogP contribution in [0.4, 0.5) is 0 Å². The summed E-state index contributed by atoms with van der Waals surface area (Å²) in [6.07, 6.45) is 18.1. The van der Waals surface area contributed by atoms with E-state index in [1.54, 1.807) is 0 Å². The Morgan fingerprint density at radius 1 is 0.659 bits per heavy atom. The van der Waals surface area contributed by atoms with E-state index in [9.17, 15) is 0 Å². The number of aromatic nitrogens is 4. The smallest absolute Gasteiger partial charge is 0.252 e. The van der Waals surface area contributed by atoms with Crippen molar-refractivity contribution in [1.29, 1.82) is 0 Å². The van der Waals surface area contributed by atoms with Crippen molar-refractivity contribution in [3.63, 3.8) is 0 Å². The lowest BCUT2D eigenvalue weighted by atomic mass is 9.92. The molecule has 0 saturated carbocycles. The monoisotopic (exact) mass is 826 g/mol. The molecule has 4 aromatic rings. The molecule has 6 rings (SSSR count). The number of halogens is 2. The van der Waals surface area contributed by atoms with Crippen LogP contribution in [0.15, 0.2) is 67.8 Å². The number of ether oxygens (including phenoxy) is 2. The molecule has 0 amide bonds. The van der Waals surface area contributed by atoms with Crippen molar-refractivity contribution in [2.75, 3.05) is 26.4 Å². The molecular weight excluding hydrogens is 774 g/mol. The standard InChI is InChI=1S/C28H36N4.2C4H8O.2HI/c1-20(2)25-9-8-10-26(21(3)4)28(25)32-14-12-30(19-32)17-29-11-13-31(18-29)27-23(6)15-22(5)16-24(27)7;2*1-2-4-5-3-1;;/h8-16,18-21H,17H2,1-7H3;2*1-4H2;2*1H/q+2;;;;/p-2. The lowest BCUT2D eigenvalue weighted by Gasteiger charge is -2.16. The SMILES string of the molecule is C1CCOC1.C1CCOC1.Cc1cc(C)c(-n2cc[n+](C[n+]3ccn(-c4c(C(C)C)cccc4C(C)C)c3)c2)c(C)c1.[I-].[I-]. The van der Waals surface area contributed by atoms with Gasteiger partial charge in [-0.3, -0.25) is 0 Å². The molecule has 2 aromatic carbocycles. The van der Waals surface area contributed by atoms with Gasteiger partial charge in [0.2, 0.25) is 6.67 Å². The molecular formula is C36H52I2N4O2. The summed E-state index contributed by atoms with van der Waals surface area (Å²) in [5, 5.41) is 0. The van der Waals surface area contributed by atoms with Crippen LogP contribution in [-0.2, 0) is 16.1 Å². The molecule has 2 fully saturated rings. The fraction of sp³-hybridized carbons (Fsp3) is 0.500. The lowest BCUT2D eigenvalue weighted by molar-refractivity contribution is -0.912. The molecule has 0 spiro atoms. The van der Waals surface area contributed by atoms with Gasteiger partial charge in [0.1, 0.15) is 36.2 Å². The number of hydrogen-bond acceptors (Lipinski definition) is 2. The highest BCUT2D eigenvalue weighted by molar-refractivity contribution is 5.51. The van der Waals surface area contributed by atoms with Gasteiger partial charge in [-0.25, -0.2) is 9.13 Å². The Hall–Kier alpha value is -1.76. The van der Waals surface area contributed by atoms with Crippen LogP contribution in [0.3, 0.4) is 0 Å². The summed E-state index contributed by atoms with van der Waals surface area (Å²) in [5.74, 6) is 0.952. The van der Waals surface area contributed by atoms with Crippen LogP contribution in [0.25, 0.3) is 11.4 Å². The van der Waals surface area contributed by atoms with Gasteiger partial charge in [-0.2, -0.15) is 9.13 Å². The summed E-state index contributed by atoms with van der Waals surface area (Å²) >= 11 is 0. The quantitative estimate of drug-likeness (QED) is 0.216. The number of imidazole rings is 2. The minimum absolute atomic E-state index is 0. The van der Waals surface area contributed by atoms with E-state index in [0.717, 1.165) is 33.1 Å². The minimum atomic E-state index is 0. The first-order chi connectivity index (χ1) is 20.2. The van der Waals surface area contributed by atoms with Crippen molar-refractivity contribution in [2.45, 2.75) is 92.7 Å². The van der Waals surface area contributed by atoms with Gasteiger partial charge in [0.15, 0.2) is 0 Å². The molecule has 8 heteroatoms. The molecule has 2 aromatic heterocycles. The predicted octanol–water partition coefficient (Wildman–Crippen LogP) is 1.12. The second-order valence-electron chi connectivity index (χ2n) is 12.3. The molecule has 2 saturated heterocycles. The van der Waals surface area contributed by atoms with Gasteiger partial charge in [0.25, 0.3) is 12.7 Å². The van der Waals surface area contributed by atoms with Crippen molar-refractivity contribution < 1.29 is 66.6 Å². The number of hydrogen-bond donors (Lipinski definition) is 0. The van der Waals surface area contributed by atoms with E-state index in [2.05, 4.69) is 135 Å². The largest absolute Gasteiger partial charge is 1.00 e. The molecule has 0 radical (unpaired) electrons. The van der Waals surface area contributed by atoms with Gasteiger partial charge in [-0.15, -0.1) is 0 Å². The summed E-state index contributed by atoms with van der Waals surface area (Å²) in [5.41, 5.74) is 9.29. The number of aryl methyl sites for hydroxylation is 3. The number of para-hydroxylation sites is 1. The topological polar surface area (TPSA) is 36.1 Å². The summed E-state index contributed by atoms with van der Waals surface area (Å²) in [6.45, 7) is 20.4. The Morgan fingerprint density at radius 2 is 1.07 bits per heavy atom. The summed E-state index contributed by atoms with van der Waals surface area (Å²) < 4.78 is 18.9. The van der Waals surface area contributed by atoms with E-state index in [-0.39, 0.29) is 48.0 Å². The van der Waals surface area contributed by atoms with Crippen LogP contribution >= 0.6 is 0 Å². The zero-order valence-corrected chi connectivity index (χ0v) is 32.0. The molecule has 44 heavy (non-hydrogen) atoms. The van der Waals surface area contributed by atoms with Gasteiger partial charge in [0, 0.05) is 37.6 Å². The van der Waals surface area contributed by atoms with Gasteiger partial charge in [-0.05, 0) is 69.4 Å². The summed E-state index contributed by atoms with van der Waals surface area (Å²) in [6, 6.07) is 11.2. The Morgan fingerprint density at radius 3 is 1.43 bits per heavy atom. The van der Waals surface area contributed by atoms with Crippen LogP contribution in [0.5, 0.6) is 0 Å².